The molecule has 1 heterocycles. The van der Waals surface area contributed by atoms with Crippen LogP contribution >= 0.6 is 11.6 Å². The molecule has 0 unspecified atom stereocenters. The van der Waals surface area contributed by atoms with E-state index in [2.05, 4.69) is 5.32 Å². The number of nitrogens with one attached hydrogen (secondary N) is 1. The predicted molar refractivity (Wildman–Crippen MR) is 115 cm³/mol. The molecule has 1 saturated heterocycles. The number of amides is 2. The Bertz CT molecular complexity index is 815. The van der Waals surface area contributed by atoms with Crippen molar-refractivity contribution < 1.29 is 33.3 Å². The van der Waals surface area contributed by atoms with E-state index in [9.17, 15) is 14.4 Å². The number of hydrogen-bond donors (Lipinski definition) is 1. The Balaban J connectivity index is 1.83. The highest BCUT2D eigenvalue weighted by atomic mass is 35.5. The molecule has 172 valence electrons. The fourth-order valence-electron chi connectivity index (χ4n) is 3.02. The number of carbonyl (C=O) groups excluding carboxylic acids is 3. The topological polar surface area (TPSA) is 103 Å². The monoisotopic (exact) mass is 456 g/mol. The Kier molecular flexibility index (Phi) is 8.38. The Morgan fingerprint density at radius 3 is 2.26 bits per heavy atom. The van der Waals surface area contributed by atoms with Crippen LogP contribution in [0, 0.1) is 5.92 Å². The van der Waals surface area contributed by atoms with Crippen LogP contribution in [0.5, 0.6) is 11.5 Å². The van der Waals surface area contributed by atoms with Crippen LogP contribution in [0.4, 0.5) is 10.5 Å². The third-order valence-corrected chi connectivity index (χ3v) is 4.87. The zero-order chi connectivity index (χ0) is 23.2. The molecule has 0 radical (unpaired) electrons. The van der Waals surface area contributed by atoms with Crippen LogP contribution < -0.4 is 14.8 Å². The third-order valence-electron chi connectivity index (χ3n) is 4.57. The number of hydrogen-bond acceptors (Lipinski definition) is 7. The molecule has 1 N–H and O–H groups in total. The van der Waals surface area contributed by atoms with E-state index in [0.717, 1.165) is 0 Å². The number of carbonyl (C=O) groups is 3. The molecule has 0 aliphatic carbocycles. The first-order chi connectivity index (χ1) is 14.5. The van der Waals surface area contributed by atoms with Gasteiger partial charge >= 0.3 is 12.1 Å². The van der Waals surface area contributed by atoms with Gasteiger partial charge in [0.1, 0.15) is 17.1 Å². The molecule has 1 aliphatic heterocycles. The normalized spacial score (nSPS) is 14.6. The second-order valence-electron chi connectivity index (χ2n) is 8.08. The second-order valence-corrected chi connectivity index (χ2v) is 8.49. The predicted octanol–water partition coefficient (Wildman–Crippen LogP) is 3.49. The van der Waals surface area contributed by atoms with Crippen LogP contribution in [-0.4, -0.2) is 62.4 Å². The molecule has 1 aromatic rings. The molecule has 1 fully saturated rings. The average Bonchev–Trinajstić information content (AvgIpc) is 2.71. The maximum atomic E-state index is 12.3. The highest BCUT2D eigenvalue weighted by Crippen LogP contribution is 2.35. The van der Waals surface area contributed by atoms with Gasteiger partial charge in [-0.25, -0.2) is 4.79 Å². The summed E-state index contributed by atoms with van der Waals surface area (Å²) in [4.78, 5) is 38.2. The largest absolute Gasteiger partial charge is 0.495 e. The lowest BCUT2D eigenvalue weighted by Gasteiger charge is -2.32. The second kappa shape index (κ2) is 10.6. The van der Waals surface area contributed by atoms with E-state index < -0.39 is 30.2 Å². The summed E-state index contributed by atoms with van der Waals surface area (Å²) >= 11 is 6.05. The van der Waals surface area contributed by atoms with Gasteiger partial charge in [0.25, 0.3) is 5.91 Å². The summed E-state index contributed by atoms with van der Waals surface area (Å²) in [5, 5.41) is 2.95. The van der Waals surface area contributed by atoms with Gasteiger partial charge < -0.3 is 29.2 Å². The molecular weight excluding hydrogens is 428 g/mol. The first-order valence-electron chi connectivity index (χ1n) is 9.90. The lowest BCUT2D eigenvalue weighted by molar-refractivity contribution is -0.153. The first-order valence-corrected chi connectivity index (χ1v) is 10.3. The number of methoxy groups -OCH3 is 2. The molecule has 9 nitrogen and oxygen atoms in total. The summed E-state index contributed by atoms with van der Waals surface area (Å²) in [6.07, 6.45) is 0.495. The lowest BCUT2D eigenvalue weighted by Crippen LogP contribution is -2.43. The number of rotatable bonds is 6. The summed E-state index contributed by atoms with van der Waals surface area (Å²) in [7, 11) is 2.90. The van der Waals surface area contributed by atoms with E-state index in [-0.39, 0.29) is 5.92 Å². The van der Waals surface area contributed by atoms with E-state index in [4.69, 9.17) is 30.5 Å². The number of esters is 1. The van der Waals surface area contributed by atoms with Crippen LogP contribution in [0.1, 0.15) is 33.6 Å². The summed E-state index contributed by atoms with van der Waals surface area (Å²) in [6.45, 7) is 5.74. The summed E-state index contributed by atoms with van der Waals surface area (Å²) < 4.78 is 20.8. The smallest absolute Gasteiger partial charge is 0.410 e. The van der Waals surface area contributed by atoms with Crippen LogP contribution in [0.25, 0.3) is 0 Å². The number of ether oxygens (including phenoxy) is 4. The van der Waals surface area contributed by atoms with Crippen molar-refractivity contribution in [3.8, 4) is 11.5 Å². The van der Waals surface area contributed by atoms with Gasteiger partial charge in [0.05, 0.1) is 30.8 Å². The average molecular weight is 457 g/mol. The van der Waals surface area contributed by atoms with E-state index >= 15 is 0 Å². The number of halogens is 1. The molecule has 0 spiro atoms. The molecule has 10 heteroatoms. The maximum absolute atomic E-state index is 12.3. The Morgan fingerprint density at radius 2 is 1.71 bits per heavy atom. The van der Waals surface area contributed by atoms with Crippen molar-refractivity contribution in [3.63, 3.8) is 0 Å². The zero-order valence-electron chi connectivity index (χ0n) is 18.5. The fraction of sp³-hybridized carbons (Fsp3) is 0.571. The summed E-state index contributed by atoms with van der Waals surface area (Å²) in [6, 6.07) is 3.04. The van der Waals surface area contributed by atoms with Crippen molar-refractivity contribution in [1.82, 2.24) is 4.90 Å². The lowest BCUT2D eigenvalue weighted by atomic mass is 9.97. The van der Waals surface area contributed by atoms with Crippen LogP contribution in [-0.2, 0) is 19.1 Å². The highest BCUT2D eigenvalue weighted by molar-refractivity contribution is 6.32. The number of nitrogens with zero attached hydrogens (tertiary/aromatic N) is 1. The van der Waals surface area contributed by atoms with Gasteiger partial charge in [-0.05, 0) is 33.6 Å². The minimum Gasteiger partial charge on any atom is -0.495 e. The van der Waals surface area contributed by atoms with Crippen LogP contribution in [0.2, 0.25) is 5.02 Å². The van der Waals surface area contributed by atoms with Gasteiger partial charge in [-0.3, -0.25) is 9.59 Å². The van der Waals surface area contributed by atoms with Crippen molar-refractivity contribution in [1.29, 1.82) is 0 Å². The number of likely N-dealkylation sites (tertiary alicyclic amines) is 1. The number of anilines is 1. The molecule has 0 atom stereocenters. The van der Waals surface area contributed by atoms with Crippen molar-refractivity contribution in [3.05, 3.63) is 17.2 Å². The zero-order valence-corrected chi connectivity index (χ0v) is 19.2. The Morgan fingerprint density at radius 1 is 1.10 bits per heavy atom. The number of benzene rings is 1. The fourth-order valence-corrected chi connectivity index (χ4v) is 3.25. The van der Waals surface area contributed by atoms with Gasteiger partial charge in [-0.2, -0.15) is 0 Å². The minimum atomic E-state index is -0.572. The Labute approximate surface area is 186 Å². The van der Waals surface area contributed by atoms with Crippen molar-refractivity contribution >= 4 is 35.3 Å². The summed E-state index contributed by atoms with van der Waals surface area (Å²) in [5.41, 5.74) is -0.229. The minimum absolute atomic E-state index is 0.335. The molecular formula is C21H29ClN2O7. The van der Waals surface area contributed by atoms with E-state index in [0.29, 0.717) is 48.1 Å². The van der Waals surface area contributed by atoms with E-state index in [1.54, 1.807) is 25.7 Å². The quantitative estimate of drug-likeness (QED) is 0.653. The standard InChI is InChI=1S/C21H29ClN2O7/c1-21(2,3)31-20(27)24-8-6-13(7-9-24)19(26)30-12-18(25)23-15-11-16(28-4)14(22)10-17(15)29-5/h10-11,13H,6-9,12H2,1-5H3,(H,23,25). The van der Waals surface area contributed by atoms with E-state index in [1.165, 1.54) is 26.4 Å². The maximum Gasteiger partial charge on any atom is 0.410 e. The van der Waals surface area contributed by atoms with Crippen molar-refractivity contribution in [2.75, 3.05) is 39.2 Å². The molecule has 1 aliphatic rings. The van der Waals surface area contributed by atoms with Crippen LogP contribution in [0.3, 0.4) is 0 Å². The van der Waals surface area contributed by atoms with Gasteiger partial charge in [0.15, 0.2) is 6.61 Å². The van der Waals surface area contributed by atoms with Crippen molar-refractivity contribution in [2.45, 2.75) is 39.2 Å². The van der Waals surface area contributed by atoms with Gasteiger partial charge in [-0.15, -0.1) is 0 Å². The summed E-state index contributed by atoms with van der Waals surface area (Å²) in [5.74, 6) is -0.662. The van der Waals surface area contributed by atoms with Gasteiger partial charge in [0.2, 0.25) is 0 Å². The number of piperidine rings is 1. The van der Waals surface area contributed by atoms with Crippen molar-refractivity contribution in [2.24, 2.45) is 5.92 Å². The molecule has 31 heavy (non-hydrogen) atoms. The van der Waals surface area contributed by atoms with Gasteiger partial charge in [-0.1, -0.05) is 11.6 Å². The molecule has 2 rings (SSSR count). The highest BCUT2D eigenvalue weighted by Gasteiger charge is 2.31. The molecule has 0 saturated carbocycles. The SMILES string of the molecule is COc1cc(NC(=O)COC(=O)C2CCN(C(=O)OC(C)(C)C)CC2)c(OC)cc1Cl. The van der Waals surface area contributed by atoms with E-state index in [1.807, 2.05) is 0 Å². The van der Waals surface area contributed by atoms with Gasteiger partial charge in [0, 0.05) is 25.2 Å². The Hall–Kier alpha value is -2.68. The molecule has 0 bridgehead atoms. The molecule has 0 aromatic heterocycles. The molecule has 1 aromatic carbocycles. The first kappa shape index (κ1) is 24.6. The molecule has 2 amide bonds. The third kappa shape index (κ3) is 7.20. The van der Waals surface area contributed by atoms with Crippen LogP contribution in [0.15, 0.2) is 12.1 Å².